The molecule has 0 saturated carbocycles. The van der Waals surface area contributed by atoms with Crippen LogP contribution in [0.15, 0.2) is 59.6 Å². The maximum absolute atomic E-state index is 9.48. The lowest BCUT2D eigenvalue weighted by Crippen LogP contribution is -2.37. The summed E-state index contributed by atoms with van der Waals surface area (Å²) in [6, 6.07) is 17.7. The predicted molar refractivity (Wildman–Crippen MR) is 111 cm³/mol. The maximum atomic E-state index is 9.48. The number of halogens is 1. The summed E-state index contributed by atoms with van der Waals surface area (Å²) in [5, 5.41) is 16.1. The molecule has 0 saturated heterocycles. The van der Waals surface area contributed by atoms with Gasteiger partial charge in [0.1, 0.15) is 5.75 Å². The Bertz CT molecular complexity index is 617. The molecule has 0 aliphatic rings. The molecule has 0 atom stereocenters. The molecule has 0 amide bonds. The van der Waals surface area contributed by atoms with Crippen molar-refractivity contribution in [2.24, 2.45) is 4.99 Å². The van der Waals surface area contributed by atoms with Crippen LogP contribution in [0.25, 0.3) is 0 Å². The van der Waals surface area contributed by atoms with Crippen molar-refractivity contribution >= 4 is 29.9 Å². The van der Waals surface area contributed by atoms with Crippen molar-refractivity contribution in [1.29, 1.82) is 0 Å². The van der Waals surface area contributed by atoms with Crippen molar-refractivity contribution in [2.75, 3.05) is 13.1 Å². The fourth-order valence-electron chi connectivity index (χ4n) is 2.31. The Morgan fingerprint density at radius 1 is 1.00 bits per heavy atom. The number of guanidine groups is 1. The summed E-state index contributed by atoms with van der Waals surface area (Å²) in [6.07, 6.45) is 2.11. The van der Waals surface area contributed by atoms with Crippen LogP contribution < -0.4 is 10.6 Å². The smallest absolute Gasteiger partial charge is 0.191 e. The van der Waals surface area contributed by atoms with E-state index in [1.54, 1.807) is 12.1 Å². The van der Waals surface area contributed by atoms with Gasteiger partial charge in [0, 0.05) is 13.1 Å². The van der Waals surface area contributed by atoms with E-state index in [1.165, 1.54) is 5.56 Å². The fourth-order valence-corrected chi connectivity index (χ4v) is 2.31. The number of aromatic hydroxyl groups is 1. The Hall–Kier alpha value is -1.76. The number of phenols is 1. The van der Waals surface area contributed by atoms with Crippen LogP contribution in [-0.2, 0) is 13.0 Å². The zero-order valence-electron chi connectivity index (χ0n) is 14.0. The zero-order valence-corrected chi connectivity index (χ0v) is 16.4. The minimum absolute atomic E-state index is 0. The summed E-state index contributed by atoms with van der Waals surface area (Å²) in [5.74, 6) is 1.09. The van der Waals surface area contributed by atoms with Gasteiger partial charge >= 0.3 is 0 Å². The number of rotatable bonds is 7. The molecular formula is C19H26IN3O. The van der Waals surface area contributed by atoms with Gasteiger partial charge in [0.25, 0.3) is 0 Å². The average molecular weight is 439 g/mol. The van der Waals surface area contributed by atoms with E-state index in [2.05, 4.69) is 46.8 Å². The SMILES string of the molecule is CCNC(=NCc1cccc(O)c1)NCCCc1ccccc1.I. The third kappa shape index (κ3) is 7.68. The Morgan fingerprint density at radius 3 is 2.46 bits per heavy atom. The van der Waals surface area contributed by atoms with Gasteiger partial charge in [-0.25, -0.2) is 4.99 Å². The Kier molecular flexibility index (Phi) is 9.91. The maximum Gasteiger partial charge on any atom is 0.191 e. The van der Waals surface area contributed by atoms with Crippen LogP contribution in [0.5, 0.6) is 5.75 Å². The number of benzene rings is 2. The molecule has 2 aromatic carbocycles. The standard InChI is InChI=1S/C19H25N3O.HI/c1-2-20-19(22-15-17-10-6-12-18(23)14-17)21-13-7-11-16-8-4-3-5-9-16;/h3-6,8-10,12,14,23H,2,7,11,13,15H2,1H3,(H2,20,21,22);1H. The lowest BCUT2D eigenvalue weighted by molar-refractivity contribution is 0.474. The number of aliphatic imine (C=N–C) groups is 1. The monoisotopic (exact) mass is 439 g/mol. The summed E-state index contributed by atoms with van der Waals surface area (Å²) in [6.45, 7) is 4.29. The number of aryl methyl sites for hydroxylation is 1. The van der Waals surface area contributed by atoms with E-state index >= 15 is 0 Å². The predicted octanol–water partition coefficient (Wildman–Crippen LogP) is 3.70. The highest BCUT2D eigenvalue weighted by molar-refractivity contribution is 14.0. The van der Waals surface area contributed by atoms with Crippen molar-refractivity contribution in [2.45, 2.75) is 26.3 Å². The quantitative estimate of drug-likeness (QED) is 0.267. The Balaban J connectivity index is 0.00000288. The van der Waals surface area contributed by atoms with Crippen LogP contribution in [0.4, 0.5) is 0 Å². The molecule has 2 aromatic rings. The highest BCUT2D eigenvalue weighted by Crippen LogP contribution is 2.11. The van der Waals surface area contributed by atoms with E-state index in [9.17, 15) is 5.11 Å². The molecule has 2 rings (SSSR count). The second-order valence-corrected chi connectivity index (χ2v) is 5.38. The summed E-state index contributed by atoms with van der Waals surface area (Å²) in [7, 11) is 0. The van der Waals surface area contributed by atoms with Crippen LogP contribution in [0, 0.1) is 0 Å². The van der Waals surface area contributed by atoms with Crippen molar-refractivity contribution in [3.8, 4) is 5.75 Å². The molecule has 3 N–H and O–H groups in total. The van der Waals surface area contributed by atoms with Crippen LogP contribution in [0.1, 0.15) is 24.5 Å². The van der Waals surface area contributed by atoms with Gasteiger partial charge in [0.05, 0.1) is 6.54 Å². The van der Waals surface area contributed by atoms with Gasteiger partial charge in [0.15, 0.2) is 5.96 Å². The largest absolute Gasteiger partial charge is 0.508 e. The van der Waals surface area contributed by atoms with Gasteiger partial charge in [0.2, 0.25) is 0 Å². The first-order valence-corrected chi connectivity index (χ1v) is 8.12. The molecule has 0 unspecified atom stereocenters. The molecule has 0 radical (unpaired) electrons. The third-order valence-corrected chi connectivity index (χ3v) is 3.45. The van der Waals surface area contributed by atoms with E-state index in [0.29, 0.717) is 6.54 Å². The first-order valence-electron chi connectivity index (χ1n) is 8.12. The lowest BCUT2D eigenvalue weighted by atomic mass is 10.1. The van der Waals surface area contributed by atoms with Crippen molar-refractivity contribution in [3.63, 3.8) is 0 Å². The topological polar surface area (TPSA) is 56.7 Å². The second kappa shape index (κ2) is 11.7. The zero-order chi connectivity index (χ0) is 16.3. The van der Waals surface area contributed by atoms with Gasteiger partial charge in [-0.15, -0.1) is 24.0 Å². The number of phenolic OH excluding ortho intramolecular Hbond substituents is 1. The third-order valence-electron chi connectivity index (χ3n) is 3.45. The normalized spacial score (nSPS) is 10.8. The minimum atomic E-state index is 0. The average Bonchev–Trinajstić information content (AvgIpc) is 2.57. The van der Waals surface area contributed by atoms with Gasteiger partial charge in [-0.3, -0.25) is 0 Å². The number of nitrogens with zero attached hydrogens (tertiary/aromatic N) is 1. The van der Waals surface area contributed by atoms with Gasteiger partial charge in [-0.1, -0.05) is 42.5 Å². The number of hydrogen-bond donors (Lipinski definition) is 3. The van der Waals surface area contributed by atoms with Crippen molar-refractivity contribution in [1.82, 2.24) is 10.6 Å². The van der Waals surface area contributed by atoms with E-state index in [4.69, 9.17) is 0 Å². The molecule has 130 valence electrons. The van der Waals surface area contributed by atoms with Crippen LogP contribution in [-0.4, -0.2) is 24.2 Å². The summed E-state index contributed by atoms with van der Waals surface area (Å²) >= 11 is 0. The molecule has 4 nitrogen and oxygen atoms in total. The molecular weight excluding hydrogens is 413 g/mol. The van der Waals surface area contributed by atoms with Gasteiger partial charge in [-0.2, -0.15) is 0 Å². The number of hydrogen-bond acceptors (Lipinski definition) is 2. The summed E-state index contributed by atoms with van der Waals surface area (Å²) in [5.41, 5.74) is 2.35. The first kappa shape index (κ1) is 20.3. The Morgan fingerprint density at radius 2 is 1.75 bits per heavy atom. The molecule has 0 spiro atoms. The lowest BCUT2D eigenvalue weighted by Gasteiger charge is -2.11. The van der Waals surface area contributed by atoms with Crippen molar-refractivity contribution in [3.05, 3.63) is 65.7 Å². The van der Waals surface area contributed by atoms with Crippen LogP contribution in [0.2, 0.25) is 0 Å². The summed E-state index contributed by atoms with van der Waals surface area (Å²) < 4.78 is 0. The van der Waals surface area contributed by atoms with E-state index in [-0.39, 0.29) is 29.7 Å². The molecule has 0 fully saturated rings. The molecule has 0 aliphatic heterocycles. The first-order chi connectivity index (χ1) is 11.3. The molecule has 0 aromatic heterocycles. The van der Waals surface area contributed by atoms with E-state index in [1.807, 2.05) is 18.2 Å². The molecule has 0 bridgehead atoms. The van der Waals surface area contributed by atoms with Crippen LogP contribution in [0.3, 0.4) is 0 Å². The van der Waals surface area contributed by atoms with Crippen molar-refractivity contribution < 1.29 is 5.11 Å². The second-order valence-electron chi connectivity index (χ2n) is 5.38. The van der Waals surface area contributed by atoms with E-state index in [0.717, 1.165) is 37.5 Å². The van der Waals surface area contributed by atoms with Gasteiger partial charge in [-0.05, 0) is 43.0 Å². The molecule has 0 aliphatic carbocycles. The summed E-state index contributed by atoms with van der Waals surface area (Å²) in [4.78, 5) is 4.55. The molecule has 0 heterocycles. The highest BCUT2D eigenvalue weighted by Gasteiger charge is 1.99. The van der Waals surface area contributed by atoms with Gasteiger partial charge < -0.3 is 15.7 Å². The fraction of sp³-hybridized carbons (Fsp3) is 0.316. The number of nitrogens with one attached hydrogen (secondary N) is 2. The molecule has 24 heavy (non-hydrogen) atoms. The minimum Gasteiger partial charge on any atom is -0.508 e. The van der Waals surface area contributed by atoms with E-state index < -0.39 is 0 Å². The highest BCUT2D eigenvalue weighted by atomic mass is 127. The Labute approximate surface area is 161 Å². The molecule has 5 heteroatoms. The van der Waals surface area contributed by atoms with Crippen LogP contribution >= 0.6 is 24.0 Å².